The Hall–Kier alpha value is -5.35. The molecule has 6 aromatic carbocycles. The second-order valence-electron chi connectivity index (χ2n) is 11.2. The number of hydrogen-bond acceptors (Lipinski definition) is 8. The number of H-pyrrole nitrogens is 1. The van der Waals surface area contributed by atoms with Gasteiger partial charge in [-0.25, -0.2) is 9.97 Å². The molecule has 47 heavy (non-hydrogen) atoms. The maximum Gasteiger partial charge on any atom is 0.229 e. The molecule has 10 aromatic rings. The van der Waals surface area contributed by atoms with Crippen molar-refractivity contribution in [3.8, 4) is 32.5 Å². The number of para-hydroxylation sites is 3. The first kappa shape index (κ1) is 26.8. The highest BCUT2D eigenvalue weighted by Crippen LogP contribution is 2.54. The van der Waals surface area contributed by atoms with Gasteiger partial charge < -0.3 is 4.42 Å². The predicted molar refractivity (Wildman–Crippen MR) is 194 cm³/mol. The van der Waals surface area contributed by atoms with E-state index in [0.29, 0.717) is 5.89 Å². The standard InChI is InChI=1S/C38H21N5OS3/c1-3-13-23-21(10-1)12-9-19-28(23)46-36-31(30-20-22-11-2-7-17-27(22)45-30)34-35(42-43-41-34)32(38-40-25-15-5-8-18-29(25)47-38)33(36)37-39-24-14-4-6-16-26(24)44-37/h1-20H,(H,41,42,43). The average molecular weight is 660 g/mol. The first-order chi connectivity index (χ1) is 23.3. The summed E-state index contributed by atoms with van der Waals surface area (Å²) in [5, 5.41) is 16.8. The summed E-state index contributed by atoms with van der Waals surface area (Å²) in [6.45, 7) is 0. The number of fused-ring (bicyclic) bond motifs is 5. The number of thiazole rings is 1. The van der Waals surface area contributed by atoms with Crippen molar-refractivity contribution in [3.63, 3.8) is 0 Å². The van der Waals surface area contributed by atoms with E-state index in [9.17, 15) is 0 Å². The lowest BCUT2D eigenvalue weighted by Gasteiger charge is -2.17. The zero-order chi connectivity index (χ0) is 30.9. The fraction of sp³-hybridized carbons (Fsp3) is 0. The van der Waals surface area contributed by atoms with Gasteiger partial charge in [-0.15, -0.1) is 27.8 Å². The smallest absolute Gasteiger partial charge is 0.229 e. The molecule has 0 bridgehead atoms. The summed E-state index contributed by atoms with van der Waals surface area (Å²) in [5.74, 6) is 0.524. The lowest BCUT2D eigenvalue weighted by Crippen LogP contribution is -1.95. The Kier molecular flexibility index (Phi) is 6.05. The van der Waals surface area contributed by atoms with Crippen LogP contribution in [0.3, 0.4) is 0 Å². The van der Waals surface area contributed by atoms with Crippen molar-refractivity contribution in [3.05, 3.63) is 121 Å². The van der Waals surface area contributed by atoms with Crippen molar-refractivity contribution in [2.75, 3.05) is 0 Å². The summed E-state index contributed by atoms with van der Waals surface area (Å²) in [7, 11) is 0. The van der Waals surface area contributed by atoms with E-state index < -0.39 is 0 Å². The van der Waals surface area contributed by atoms with Gasteiger partial charge in [0.15, 0.2) is 5.58 Å². The van der Waals surface area contributed by atoms with E-state index in [1.54, 1.807) is 34.4 Å². The first-order valence-corrected chi connectivity index (χ1v) is 17.5. The summed E-state index contributed by atoms with van der Waals surface area (Å²) in [4.78, 5) is 13.5. The topological polar surface area (TPSA) is 80.5 Å². The molecule has 0 fully saturated rings. The molecule has 0 aliphatic carbocycles. The summed E-state index contributed by atoms with van der Waals surface area (Å²) in [5.41, 5.74) is 6.77. The molecule has 0 spiro atoms. The van der Waals surface area contributed by atoms with Crippen LogP contribution in [-0.2, 0) is 0 Å². The summed E-state index contributed by atoms with van der Waals surface area (Å²) in [6, 6.07) is 41.8. The van der Waals surface area contributed by atoms with E-state index >= 15 is 0 Å². The molecule has 0 aliphatic heterocycles. The van der Waals surface area contributed by atoms with Gasteiger partial charge in [-0.05, 0) is 58.6 Å². The van der Waals surface area contributed by atoms with Crippen LogP contribution in [0.25, 0.3) is 85.7 Å². The van der Waals surface area contributed by atoms with Gasteiger partial charge in [-0.1, -0.05) is 95.8 Å². The van der Waals surface area contributed by atoms with E-state index in [4.69, 9.17) is 19.5 Å². The van der Waals surface area contributed by atoms with E-state index in [1.165, 1.54) is 20.9 Å². The third-order valence-corrected chi connectivity index (χ3v) is 11.8. The molecule has 0 saturated carbocycles. The van der Waals surface area contributed by atoms with Gasteiger partial charge in [0, 0.05) is 24.9 Å². The lowest BCUT2D eigenvalue weighted by atomic mass is 9.99. The highest BCUT2D eigenvalue weighted by atomic mass is 32.2. The zero-order valence-corrected chi connectivity index (χ0v) is 26.9. The van der Waals surface area contributed by atoms with Crippen molar-refractivity contribution in [2.24, 2.45) is 0 Å². The molecule has 6 nitrogen and oxygen atoms in total. The molecule has 0 unspecified atom stereocenters. The van der Waals surface area contributed by atoms with Gasteiger partial charge >= 0.3 is 0 Å². The van der Waals surface area contributed by atoms with Gasteiger partial charge in [-0.3, -0.25) is 5.10 Å². The molecule has 0 atom stereocenters. The minimum absolute atomic E-state index is 0.524. The van der Waals surface area contributed by atoms with Gasteiger partial charge in [-0.2, -0.15) is 0 Å². The minimum Gasteiger partial charge on any atom is -0.436 e. The molecule has 1 N–H and O–H groups in total. The van der Waals surface area contributed by atoms with E-state index in [0.717, 1.165) is 68.7 Å². The van der Waals surface area contributed by atoms with Gasteiger partial charge in [0.05, 0.1) is 26.9 Å². The number of thiophene rings is 1. The normalized spacial score (nSPS) is 11.9. The highest BCUT2D eigenvalue weighted by molar-refractivity contribution is 8.00. The van der Waals surface area contributed by atoms with Crippen molar-refractivity contribution in [1.82, 2.24) is 25.4 Å². The summed E-state index contributed by atoms with van der Waals surface area (Å²) < 4.78 is 8.94. The zero-order valence-electron chi connectivity index (χ0n) is 24.5. The quantitative estimate of drug-likeness (QED) is 0.198. The Labute approximate surface area is 279 Å². The van der Waals surface area contributed by atoms with Crippen molar-refractivity contribution in [1.29, 1.82) is 0 Å². The average Bonchev–Trinajstić information content (AvgIpc) is 3.92. The molecule has 10 rings (SSSR count). The Morgan fingerprint density at radius 1 is 0.638 bits per heavy atom. The number of nitrogens with one attached hydrogen (secondary N) is 1. The number of oxazole rings is 1. The molecule has 4 aromatic heterocycles. The first-order valence-electron chi connectivity index (χ1n) is 15.1. The van der Waals surface area contributed by atoms with Gasteiger partial charge in [0.1, 0.15) is 16.0 Å². The fourth-order valence-corrected chi connectivity index (χ4v) is 9.73. The van der Waals surface area contributed by atoms with Crippen LogP contribution in [0.1, 0.15) is 0 Å². The molecular formula is C38H21N5OS3. The Bertz CT molecular complexity index is 2700. The minimum atomic E-state index is 0.524. The predicted octanol–water partition coefficient (Wildman–Crippen LogP) is 11.2. The van der Waals surface area contributed by atoms with Gasteiger partial charge in [0.2, 0.25) is 5.89 Å². The van der Waals surface area contributed by atoms with E-state index in [2.05, 4.69) is 89.2 Å². The monoisotopic (exact) mass is 659 g/mol. The van der Waals surface area contributed by atoms with Crippen LogP contribution in [0.15, 0.2) is 136 Å². The molecule has 0 amide bonds. The SMILES string of the molecule is c1ccc2sc(-c3c(Sc4cccc5ccccc45)c(-c4nc5ccccc5o4)c(-c4nc5ccccc5s4)c4nn[nH]c34)cc2c1. The molecule has 4 heterocycles. The van der Waals surface area contributed by atoms with Crippen LogP contribution in [0.2, 0.25) is 0 Å². The third kappa shape index (κ3) is 4.31. The van der Waals surface area contributed by atoms with Crippen molar-refractivity contribution in [2.45, 2.75) is 9.79 Å². The van der Waals surface area contributed by atoms with Crippen LogP contribution in [-0.4, -0.2) is 25.4 Å². The van der Waals surface area contributed by atoms with Crippen molar-refractivity contribution < 1.29 is 4.42 Å². The van der Waals surface area contributed by atoms with Crippen LogP contribution >= 0.6 is 34.4 Å². The molecule has 222 valence electrons. The number of rotatable bonds is 5. The Morgan fingerprint density at radius 3 is 2.28 bits per heavy atom. The number of hydrogen-bond donors (Lipinski definition) is 1. The third-order valence-electron chi connectivity index (χ3n) is 8.39. The Balaban J connectivity index is 1.38. The summed E-state index contributed by atoms with van der Waals surface area (Å²) >= 11 is 5.12. The Morgan fingerprint density at radius 2 is 1.40 bits per heavy atom. The molecular weight excluding hydrogens is 639 g/mol. The highest BCUT2D eigenvalue weighted by Gasteiger charge is 2.31. The van der Waals surface area contributed by atoms with Crippen LogP contribution < -0.4 is 0 Å². The summed E-state index contributed by atoms with van der Waals surface area (Å²) in [6.07, 6.45) is 0. The molecule has 0 aliphatic rings. The largest absolute Gasteiger partial charge is 0.436 e. The molecule has 9 heteroatoms. The van der Waals surface area contributed by atoms with Crippen molar-refractivity contribution >= 4 is 87.6 Å². The van der Waals surface area contributed by atoms with E-state index in [1.807, 2.05) is 42.5 Å². The van der Waals surface area contributed by atoms with Crippen LogP contribution in [0.4, 0.5) is 0 Å². The van der Waals surface area contributed by atoms with Crippen LogP contribution in [0.5, 0.6) is 0 Å². The maximum absolute atomic E-state index is 6.63. The molecule has 0 saturated heterocycles. The number of nitrogens with zero attached hydrogens (tertiary/aromatic N) is 4. The maximum atomic E-state index is 6.63. The number of benzene rings is 6. The molecule has 0 radical (unpaired) electrons. The van der Waals surface area contributed by atoms with E-state index in [-0.39, 0.29) is 0 Å². The van der Waals surface area contributed by atoms with Crippen LogP contribution in [0, 0.1) is 0 Å². The fourth-order valence-electron chi connectivity index (χ4n) is 6.26. The number of aromatic nitrogens is 5. The number of aromatic amines is 1. The van der Waals surface area contributed by atoms with Gasteiger partial charge in [0.25, 0.3) is 0 Å². The second-order valence-corrected chi connectivity index (χ2v) is 14.4. The second kappa shape index (κ2) is 10.6. The lowest BCUT2D eigenvalue weighted by molar-refractivity contribution is 0.618.